The maximum atomic E-state index is 13.0. The molecular weight excluding hydrogens is 427 g/mol. The molecule has 1 aromatic rings. The number of amides is 2. The summed E-state index contributed by atoms with van der Waals surface area (Å²) in [5, 5.41) is 3.97. The molecule has 2 heterocycles. The van der Waals surface area contributed by atoms with Crippen molar-refractivity contribution in [2.45, 2.75) is 30.0 Å². The molecule has 154 valence electrons. The monoisotopic (exact) mass is 441 g/mol. The fraction of sp³-hybridized carbons (Fsp3) is 0.467. The Bertz CT molecular complexity index is 922. The number of hydrogen-bond donors (Lipinski definition) is 2. The van der Waals surface area contributed by atoms with Crippen molar-refractivity contribution in [1.29, 1.82) is 0 Å². The summed E-state index contributed by atoms with van der Waals surface area (Å²) in [6.45, 7) is -1.90. The van der Waals surface area contributed by atoms with E-state index >= 15 is 0 Å². The smallest absolute Gasteiger partial charge is 0.405 e. The molecule has 2 aliphatic heterocycles. The first-order chi connectivity index (χ1) is 13.0. The van der Waals surface area contributed by atoms with E-state index in [0.717, 1.165) is 10.4 Å². The van der Waals surface area contributed by atoms with E-state index in [2.05, 4.69) is 5.32 Å². The van der Waals surface area contributed by atoms with Crippen LogP contribution in [0.2, 0.25) is 5.02 Å². The van der Waals surface area contributed by atoms with Crippen LogP contribution < -0.4 is 15.4 Å². The van der Waals surface area contributed by atoms with Gasteiger partial charge >= 0.3 is 6.18 Å². The molecule has 8 nitrogen and oxygen atoms in total. The number of fused-ring (bicyclic) bond motifs is 1. The van der Waals surface area contributed by atoms with Gasteiger partial charge < -0.3 is 15.4 Å². The summed E-state index contributed by atoms with van der Waals surface area (Å²) in [4.78, 5) is 23.1. The van der Waals surface area contributed by atoms with Crippen LogP contribution in [0.5, 0.6) is 5.75 Å². The van der Waals surface area contributed by atoms with Gasteiger partial charge in [-0.05, 0) is 18.9 Å². The van der Waals surface area contributed by atoms with Crippen LogP contribution in [0.25, 0.3) is 0 Å². The highest BCUT2D eigenvalue weighted by molar-refractivity contribution is 7.89. The van der Waals surface area contributed by atoms with Gasteiger partial charge in [0, 0.05) is 12.6 Å². The number of halogens is 4. The highest BCUT2D eigenvalue weighted by atomic mass is 35.5. The molecule has 0 saturated carbocycles. The number of carbonyl (C=O) groups is 2. The van der Waals surface area contributed by atoms with Crippen LogP contribution >= 0.6 is 11.6 Å². The van der Waals surface area contributed by atoms with Crippen molar-refractivity contribution >= 4 is 39.1 Å². The molecule has 1 aromatic carbocycles. The Morgan fingerprint density at radius 2 is 2.11 bits per heavy atom. The second-order valence-corrected chi connectivity index (χ2v) is 8.49. The van der Waals surface area contributed by atoms with Crippen LogP contribution in [-0.2, 0) is 19.6 Å². The van der Waals surface area contributed by atoms with Crippen molar-refractivity contribution in [3.63, 3.8) is 0 Å². The zero-order valence-corrected chi connectivity index (χ0v) is 15.7. The Morgan fingerprint density at radius 3 is 2.79 bits per heavy atom. The standard InChI is InChI=1S/C15H15ClF3N3O5S/c16-8-4-9-11(27-6-13(23)21-9)5-12(8)28(25,26)22-3-1-2-10(22)14(24)20-7-15(17,18)19/h4-5,10H,1-3,6-7H2,(H,20,24)(H,21,23). The van der Waals surface area contributed by atoms with Gasteiger partial charge in [0.25, 0.3) is 5.91 Å². The Hall–Kier alpha value is -2.05. The van der Waals surface area contributed by atoms with Crippen molar-refractivity contribution < 1.29 is 35.9 Å². The molecule has 0 spiro atoms. The van der Waals surface area contributed by atoms with Gasteiger partial charge in [-0.3, -0.25) is 9.59 Å². The highest BCUT2D eigenvalue weighted by Gasteiger charge is 2.41. The van der Waals surface area contributed by atoms with Crippen LogP contribution in [-0.4, -0.2) is 56.5 Å². The number of carbonyl (C=O) groups excluding carboxylic acids is 2. The van der Waals surface area contributed by atoms with Gasteiger partial charge in [0.1, 0.15) is 23.2 Å². The van der Waals surface area contributed by atoms with E-state index in [1.807, 2.05) is 0 Å². The third-order valence-corrected chi connectivity index (χ3v) is 6.60. The topological polar surface area (TPSA) is 105 Å². The summed E-state index contributed by atoms with van der Waals surface area (Å²) in [6, 6.07) is 1.05. The first kappa shape index (κ1) is 20.7. The fourth-order valence-corrected chi connectivity index (χ4v) is 5.18. The average Bonchev–Trinajstić information content (AvgIpc) is 3.08. The molecule has 1 atom stereocenters. The molecule has 0 aliphatic carbocycles. The van der Waals surface area contributed by atoms with Gasteiger partial charge in [0.2, 0.25) is 15.9 Å². The van der Waals surface area contributed by atoms with Crippen LogP contribution in [0.1, 0.15) is 12.8 Å². The number of hydrogen-bond acceptors (Lipinski definition) is 5. The molecule has 1 saturated heterocycles. The highest BCUT2D eigenvalue weighted by Crippen LogP contribution is 2.38. The molecule has 13 heteroatoms. The fourth-order valence-electron chi connectivity index (χ4n) is 3.00. The van der Waals surface area contributed by atoms with E-state index in [9.17, 15) is 31.2 Å². The number of nitrogens with one attached hydrogen (secondary N) is 2. The Morgan fingerprint density at radius 1 is 1.39 bits per heavy atom. The average molecular weight is 442 g/mol. The second kappa shape index (κ2) is 7.41. The molecule has 2 amide bonds. The summed E-state index contributed by atoms with van der Waals surface area (Å²) in [5.41, 5.74) is 0.195. The minimum atomic E-state index is -4.61. The third kappa shape index (κ3) is 4.18. The zero-order valence-electron chi connectivity index (χ0n) is 14.2. The van der Waals surface area contributed by atoms with Gasteiger partial charge in [0.05, 0.1) is 10.7 Å². The largest absolute Gasteiger partial charge is 0.482 e. The molecule has 1 fully saturated rings. The van der Waals surface area contributed by atoms with Gasteiger partial charge in [-0.15, -0.1) is 0 Å². The number of anilines is 1. The van der Waals surface area contributed by atoms with Crippen LogP contribution in [0.3, 0.4) is 0 Å². The van der Waals surface area contributed by atoms with Gasteiger partial charge in [-0.2, -0.15) is 17.5 Å². The lowest BCUT2D eigenvalue weighted by Gasteiger charge is -2.25. The maximum Gasteiger partial charge on any atom is 0.405 e. The lowest BCUT2D eigenvalue weighted by Crippen LogP contribution is -2.47. The molecule has 28 heavy (non-hydrogen) atoms. The predicted octanol–water partition coefficient (Wildman–Crippen LogP) is 1.50. The quantitative estimate of drug-likeness (QED) is 0.737. The van der Waals surface area contributed by atoms with Crippen LogP contribution in [0.4, 0.5) is 18.9 Å². The number of rotatable bonds is 4. The van der Waals surface area contributed by atoms with Crippen molar-refractivity contribution in [2.75, 3.05) is 25.0 Å². The van der Waals surface area contributed by atoms with Crippen LogP contribution in [0, 0.1) is 0 Å². The predicted molar refractivity (Wildman–Crippen MR) is 91.6 cm³/mol. The summed E-state index contributed by atoms with van der Waals surface area (Å²) < 4.78 is 69.0. The number of ether oxygens (including phenoxy) is 1. The zero-order chi connectivity index (χ0) is 20.7. The van der Waals surface area contributed by atoms with Crippen molar-refractivity contribution in [3.05, 3.63) is 17.2 Å². The first-order valence-electron chi connectivity index (χ1n) is 8.11. The summed E-state index contributed by atoms with van der Waals surface area (Å²) in [5.74, 6) is -1.38. The SMILES string of the molecule is O=C1COc2cc(S(=O)(=O)N3CCCC3C(=O)NCC(F)(F)F)c(Cl)cc2N1. The minimum Gasteiger partial charge on any atom is -0.482 e. The molecule has 0 bridgehead atoms. The molecular formula is C15H15ClF3N3O5S. The molecule has 1 unspecified atom stereocenters. The lowest BCUT2D eigenvalue weighted by molar-refractivity contribution is -0.140. The maximum absolute atomic E-state index is 13.0. The minimum absolute atomic E-state index is 0.0442. The summed E-state index contributed by atoms with van der Waals surface area (Å²) in [7, 11) is -4.30. The van der Waals surface area contributed by atoms with E-state index in [4.69, 9.17) is 16.3 Å². The number of alkyl halides is 3. The van der Waals surface area contributed by atoms with Gasteiger partial charge in [0.15, 0.2) is 6.61 Å². The third-order valence-electron chi connectivity index (χ3n) is 4.22. The second-order valence-electron chi connectivity index (χ2n) is 6.22. The molecule has 0 radical (unpaired) electrons. The Balaban J connectivity index is 1.87. The Kier molecular flexibility index (Phi) is 5.47. The van der Waals surface area contributed by atoms with E-state index in [1.165, 1.54) is 6.07 Å². The van der Waals surface area contributed by atoms with Gasteiger partial charge in [-0.1, -0.05) is 11.6 Å². The lowest BCUT2D eigenvalue weighted by atomic mass is 10.2. The summed E-state index contributed by atoms with van der Waals surface area (Å²) in [6.07, 6.45) is -4.22. The molecule has 3 rings (SSSR count). The number of nitrogens with zero attached hydrogens (tertiary/aromatic N) is 1. The van der Waals surface area contributed by atoms with Crippen molar-refractivity contribution in [3.8, 4) is 5.75 Å². The van der Waals surface area contributed by atoms with Crippen molar-refractivity contribution in [2.24, 2.45) is 0 Å². The van der Waals surface area contributed by atoms with Gasteiger partial charge in [-0.25, -0.2) is 8.42 Å². The number of benzene rings is 1. The normalized spacial score (nSPS) is 20.3. The Labute approximate surface area is 163 Å². The van der Waals surface area contributed by atoms with E-state index in [0.29, 0.717) is 6.42 Å². The number of sulfonamides is 1. The molecule has 0 aromatic heterocycles. The molecule has 2 aliphatic rings. The molecule has 2 N–H and O–H groups in total. The van der Waals surface area contributed by atoms with E-state index in [-0.39, 0.29) is 40.9 Å². The van der Waals surface area contributed by atoms with E-state index in [1.54, 1.807) is 5.32 Å². The summed E-state index contributed by atoms with van der Waals surface area (Å²) >= 11 is 6.06. The van der Waals surface area contributed by atoms with E-state index < -0.39 is 40.6 Å². The van der Waals surface area contributed by atoms with Crippen molar-refractivity contribution in [1.82, 2.24) is 9.62 Å². The first-order valence-corrected chi connectivity index (χ1v) is 9.93. The van der Waals surface area contributed by atoms with Crippen LogP contribution in [0.15, 0.2) is 17.0 Å².